The zero-order valence-corrected chi connectivity index (χ0v) is 13.5. The fraction of sp³-hybridized carbons (Fsp3) is 0.500. The Bertz CT molecular complexity index is 766. The van der Waals surface area contributed by atoms with Crippen molar-refractivity contribution < 1.29 is 9.47 Å². The van der Waals surface area contributed by atoms with E-state index in [4.69, 9.17) is 15.3 Å². The highest BCUT2D eigenvalue weighted by molar-refractivity contribution is 5.83. The molecule has 0 saturated heterocycles. The number of methoxy groups -OCH3 is 2. The van der Waals surface area contributed by atoms with Gasteiger partial charge in [-0.05, 0) is 18.9 Å². The molecular formula is C16H22N4O3. The van der Waals surface area contributed by atoms with Gasteiger partial charge in [-0.1, -0.05) is 19.3 Å². The van der Waals surface area contributed by atoms with Gasteiger partial charge in [-0.3, -0.25) is 14.8 Å². The van der Waals surface area contributed by atoms with Gasteiger partial charge in [0.25, 0.3) is 5.56 Å². The van der Waals surface area contributed by atoms with Crippen molar-refractivity contribution in [3.8, 4) is 11.5 Å². The van der Waals surface area contributed by atoms with E-state index in [1.54, 1.807) is 30.9 Å². The van der Waals surface area contributed by atoms with Crippen LogP contribution >= 0.6 is 0 Å². The summed E-state index contributed by atoms with van der Waals surface area (Å²) in [7, 11) is 3.10. The van der Waals surface area contributed by atoms with Crippen LogP contribution in [0.2, 0.25) is 0 Å². The molecule has 0 unspecified atom stereocenters. The average Bonchev–Trinajstić information content (AvgIpc) is 2.61. The zero-order valence-electron chi connectivity index (χ0n) is 13.5. The first kappa shape index (κ1) is 15.6. The summed E-state index contributed by atoms with van der Waals surface area (Å²) in [5.74, 6) is 7.06. The first-order chi connectivity index (χ1) is 11.2. The molecule has 0 atom stereocenters. The van der Waals surface area contributed by atoms with Gasteiger partial charge in [0.15, 0.2) is 11.5 Å². The molecule has 1 aliphatic carbocycles. The Morgan fingerprint density at radius 1 is 1.17 bits per heavy atom. The van der Waals surface area contributed by atoms with Crippen molar-refractivity contribution in [1.29, 1.82) is 0 Å². The minimum Gasteiger partial charge on any atom is -0.493 e. The highest BCUT2D eigenvalue weighted by Crippen LogP contribution is 2.33. The van der Waals surface area contributed by atoms with E-state index in [9.17, 15) is 4.79 Å². The first-order valence-electron chi connectivity index (χ1n) is 7.84. The van der Waals surface area contributed by atoms with Crippen molar-refractivity contribution in [2.45, 2.75) is 38.1 Å². The van der Waals surface area contributed by atoms with Gasteiger partial charge in [-0.25, -0.2) is 10.8 Å². The maximum Gasteiger partial charge on any atom is 0.263 e. The summed E-state index contributed by atoms with van der Waals surface area (Å²) in [5, 5.41) is 0.507. The third-order valence-corrected chi connectivity index (χ3v) is 4.47. The fourth-order valence-electron chi connectivity index (χ4n) is 3.31. The molecule has 0 aliphatic heterocycles. The third kappa shape index (κ3) is 2.72. The number of hydrogen-bond acceptors (Lipinski definition) is 6. The standard InChI is InChI=1S/C16H22N4O3/c1-22-13-8-11-12(9-14(13)23-2)18-16(19-17)20(15(11)21)10-6-4-3-5-7-10/h8-10H,3-7,17H2,1-2H3,(H,18,19). The zero-order chi connectivity index (χ0) is 16.4. The van der Waals surface area contributed by atoms with Gasteiger partial charge in [0, 0.05) is 12.1 Å². The van der Waals surface area contributed by atoms with E-state index in [0.29, 0.717) is 28.4 Å². The molecule has 1 aromatic carbocycles. The molecule has 0 bridgehead atoms. The van der Waals surface area contributed by atoms with Crippen LogP contribution in [-0.4, -0.2) is 23.8 Å². The summed E-state index contributed by atoms with van der Waals surface area (Å²) in [6.45, 7) is 0. The molecule has 3 N–H and O–H groups in total. The van der Waals surface area contributed by atoms with Gasteiger partial charge in [0.2, 0.25) is 5.95 Å². The molecular weight excluding hydrogens is 296 g/mol. The quantitative estimate of drug-likeness (QED) is 0.663. The van der Waals surface area contributed by atoms with Crippen LogP contribution in [0.1, 0.15) is 38.1 Å². The van der Waals surface area contributed by atoms with E-state index in [1.807, 2.05) is 0 Å². The second-order valence-electron chi connectivity index (χ2n) is 5.77. The van der Waals surface area contributed by atoms with E-state index >= 15 is 0 Å². The molecule has 0 radical (unpaired) electrons. The molecule has 3 rings (SSSR count). The Morgan fingerprint density at radius 2 is 1.83 bits per heavy atom. The minimum atomic E-state index is -0.101. The third-order valence-electron chi connectivity index (χ3n) is 4.47. The van der Waals surface area contributed by atoms with Crippen LogP contribution in [-0.2, 0) is 0 Å². The van der Waals surface area contributed by atoms with Crippen LogP contribution in [0.25, 0.3) is 10.9 Å². The number of nitrogens with two attached hydrogens (primary N) is 1. The number of ether oxygens (including phenoxy) is 2. The molecule has 124 valence electrons. The number of benzene rings is 1. The Kier molecular flexibility index (Phi) is 4.38. The molecule has 7 nitrogen and oxygen atoms in total. The molecule has 7 heteroatoms. The number of nitrogen functional groups attached to an aromatic ring is 1. The lowest BCUT2D eigenvalue weighted by atomic mass is 9.95. The predicted molar refractivity (Wildman–Crippen MR) is 89.0 cm³/mol. The van der Waals surface area contributed by atoms with E-state index < -0.39 is 0 Å². The molecule has 0 spiro atoms. The Balaban J connectivity index is 2.23. The first-order valence-corrected chi connectivity index (χ1v) is 7.84. The summed E-state index contributed by atoms with van der Waals surface area (Å²) < 4.78 is 12.3. The molecule has 1 aliphatic rings. The normalized spacial score (nSPS) is 15.6. The fourth-order valence-corrected chi connectivity index (χ4v) is 3.31. The topological polar surface area (TPSA) is 91.4 Å². The Labute approximate surface area is 134 Å². The van der Waals surface area contributed by atoms with Gasteiger partial charge in [0.1, 0.15) is 0 Å². The Morgan fingerprint density at radius 3 is 2.43 bits per heavy atom. The number of anilines is 1. The van der Waals surface area contributed by atoms with Gasteiger partial charge in [0.05, 0.1) is 25.1 Å². The van der Waals surface area contributed by atoms with E-state index in [-0.39, 0.29) is 11.6 Å². The SMILES string of the molecule is COc1cc2nc(NN)n(C3CCCCC3)c(=O)c2cc1OC. The van der Waals surface area contributed by atoms with Crippen LogP contribution in [0.15, 0.2) is 16.9 Å². The number of hydrogen-bond donors (Lipinski definition) is 2. The van der Waals surface area contributed by atoms with Crippen LogP contribution in [0.4, 0.5) is 5.95 Å². The van der Waals surface area contributed by atoms with Crippen molar-refractivity contribution in [2.24, 2.45) is 5.84 Å². The maximum absolute atomic E-state index is 13.0. The smallest absolute Gasteiger partial charge is 0.263 e. The van der Waals surface area contributed by atoms with E-state index in [1.165, 1.54) is 6.42 Å². The van der Waals surface area contributed by atoms with Crippen LogP contribution in [0.3, 0.4) is 0 Å². The average molecular weight is 318 g/mol. The van der Waals surface area contributed by atoms with Crippen molar-refractivity contribution in [3.05, 3.63) is 22.5 Å². The van der Waals surface area contributed by atoms with Gasteiger partial charge < -0.3 is 9.47 Å². The predicted octanol–water partition coefficient (Wildman–Crippen LogP) is 2.20. The summed E-state index contributed by atoms with van der Waals surface area (Å²) >= 11 is 0. The number of nitrogens with zero attached hydrogens (tertiary/aromatic N) is 2. The van der Waals surface area contributed by atoms with Crippen molar-refractivity contribution in [1.82, 2.24) is 9.55 Å². The van der Waals surface area contributed by atoms with Gasteiger partial charge >= 0.3 is 0 Å². The van der Waals surface area contributed by atoms with Gasteiger partial charge in [-0.15, -0.1) is 0 Å². The molecule has 23 heavy (non-hydrogen) atoms. The summed E-state index contributed by atoms with van der Waals surface area (Å²) in [6, 6.07) is 3.51. The minimum absolute atomic E-state index is 0.101. The largest absolute Gasteiger partial charge is 0.493 e. The molecule has 1 aromatic heterocycles. The van der Waals surface area contributed by atoms with Crippen LogP contribution in [0, 0.1) is 0 Å². The molecule has 1 saturated carbocycles. The highest BCUT2D eigenvalue weighted by atomic mass is 16.5. The summed E-state index contributed by atoms with van der Waals surface area (Å²) in [4.78, 5) is 17.5. The van der Waals surface area contributed by atoms with Crippen LogP contribution < -0.4 is 26.3 Å². The van der Waals surface area contributed by atoms with E-state index in [2.05, 4.69) is 10.4 Å². The summed E-state index contributed by atoms with van der Waals surface area (Å²) in [6.07, 6.45) is 5.38. The number of nitrogens with one attached hydrogen (secondary N) is 1. The number of rotatable bonds is 4. The monoisotopic (exact) mass is 318 g/mol. The second kappa shape index (κ2) is 6.45. The summed E-state index contributed by atoms with van der Waals surface area (Å²) in [5.41, 5.74) is 3.01. The maximum atomic E-state index is 13.0. The van der Waals surface area contributed by atoms with Crippen molar-refractivity contribution >= 4 is 16.9 Å². The lowest BCUT2D eigenvalue weighted by Crippen LogP contribution is -2.31. The van der Waals surface area contributed by atoms with Gasteiger partial charge in [-0.2, -0.15) is 0 Å². The molecule has 2 aromatic rings. The van der Waals surface area contributed by atoms with Crippen molar-refractivity contribution in [2.75, 3.05) is 19.6 Å². The number of fused-ring (bicyclic) bond motifs is 1. The second-order valence-corrected chi connectivity index (χ2v) is 5.77. The lowest BCUT2D eigenvalue weighted by Gasteiger charge is -2.26. The lowest BCUT2D eigenvalue weighted by molar-refractivity contribution is 0.347. The van der Waals surface area contributed by atoms with E-state index in [0.717, 1.165) is 25.7 Å². The molecule has 0 amide bonds. The molecule has 1 heterocycles. The molecule has 1 fully saturated rings. The Hall–Kier alpha value is -2.28. The number of aromatic nitrogens is 2. The van der Waals surface area contributed by atoms with Crippen LogP contribution in [0.5, 0.6) is 11.5 Å². The number of hydrazine groups is 1. The van der Waals surface area contributed by atoms with Crippen molar-refractivity contribution in [3.63, 3.8) is 0 Å². The highest BCUT2D eigenvalue weighted by Gasteiger charge is 2.22.